The molecule has 2 nitrogen and oxygen atoms in total. The second-order valence-electron chi connectivity index (χ2n) is 14.1. The molecule has 3 heteroatoms. The van der Waals surface area contributed by atoms with Crippen molar-refractivity contribution in [3.8, 4) is 33.4 Å². The summed E-state index contributed by atoms with van der Waals surface area (Å²) in [6.07, 6.45) is 0. The van der Waals surface area contributed by atoms with Gasteiger partial charge in [0.15, 0.2) is 0 Å². The highest BCUT2D eigenvalue weighted by atomic mass is 32.1. The van der Waals surface area contributed by atoms with E-state index in [-0.39, 0.29) is 0 Å². The summed E-state index contributed by atoms with van der Waals surface area (Å²) in [6, 6.07) is 72.2. The average Bonchev–Trinajstić information content (AvgIpc) is 3.83. The van der Waals surface area contributed by atoms with Gasteiger partial charge in [0.2, 0.25) is 0 Å². The Balaban J connectivity index is 1.05. The van der Waals surface area contributed by atoms with Crippen LogP contribution in [0.2, 0.25) is 0 Å². The number of nitrogens with zero attached hydrogens (tertiary/aromatic N) is 1. The smallest absolute Gasteiger partial charge is 0.136 e. The summed E-state index contributed by atoms with van der Waals surface area (Å²) in [5.74, 6) is 0. The predicted molar refractivity (Wildman–Crippen MR) is 235 cm³/mol. The van der Waals surface area contributed by atoms with Gasteiger partial charge in [-0.1, -0.05) is 146 Å². The van der Waals surface area contributed by atoms with Gasteiger partial charge in [-0.05, 0) is 87.6 Å². The van der Waals surface area contributed by atoms with Crippen LogP contribution < -0.4 is 4.90 Å². The molecule has 0 amide bonds. The summed E-state index contributed by atoms with van der Waals surface area (Å²) in [4.78, 5) is 2.40. The second kappa shape index (κ2) is 12.9. The zero-order chi connectivity index (χ0) is 36.3. The van der Waals surface area contributed by atoms with Gasteiger partial charge >= 0.3 is 0 Å². The number of anilines is 3. The maximum absolute atomic E-state index is 6.25. The lowest BCUT2D eigenvalue weighted by Gasteiger charge is -2.28. The minimum atomic E-state index is 0.903. The van der Waals surface area contributed by atoms with Gasteiger partial charge in [-0.25, -0.2) is 0 Å². The van der Waals surface area contributed by atoms with Crippen LogP contribution in [0, 0.1) is 0 Å². The van der Waals surface area contributed by atoms with Gasteiger partial charge in [0, 0.05) is 53.4 Å². The Morgan fingerprint density at radius 2 is 0.945 bits per heavy atom. The molecule has 0 aliphatic heterocycles. The summed E-state index contributed by atoms with van der Waals surface area (Å²) in [5.41, 5.74) is 12.2. The Kier molecular flexibility index (Phi) is 7.39. The third-order valence-electron chi connectivity index (χ3n) is 10.9. The maximum atomic E-state index is 6.25. The molecule has 55 heavy (non-hydrogen) atoms. The second-order valence-corrected chi connectivity index (χ2v) is 15.1. The van der Waals surface area contributed by atoms with Crippen LogP contribution in [0.25, 0.3) is 86.3 Å². The van der Waals surface area contributed by atoms with Crippen LogP contribution in [-0.4, -0.2) is 0 Å². The molecule has 258 valence electrons. The fourth-order valence-electron chi connectivity index (χ4n) is 8.26. The van der Waals surface area contributed by atoms with Crippen LogP contribution in [0.15, 0.2) is 205 Å². The largest absolute Gasteiger partial charge is 0.456 e. The number of fused-ring (bicyclic) bond motifs is 7. The molecule has 0 spiro atoms. The van der Waals surface area contributed by atoms with Crippen molar-refractivity contribution >= 4 is 81.3 Å². The summed E-state index contributed by atoms with van der Waals surface area (Å²) >= 11 is 1.87. The first-order valence-corrected chi connectivity index (χ1v) is 19.5. The Morgan fingerprint density at radius 3 is 1.80 bits per heavy atom. The lowest BCUT2D eigenvalue weighted by molar-refractivity contribution is 0.669. The van der Waals surface area contributed by atoms with E-state index in [0.717, 1.165) is 50.1 Å². The van der Waals surface area contributed by atoms with E-state index >= 15 is 0 Å². The molecule has 0 unspecified atom stereocenters. The van der Waals surface area contributed by atoms with Crippen LogP contribution in [-0.2, 0) is 0 Å². The maximum Gasteiger partial charge on any atom is 0.136 e. The first kappa shape index (κ1) is 31.6. The molecular weight excluding hydrogens is 687 g/mol. The lowest BCUT2D eigenvalue weighted by Crippen LogP contribution is -2.11. The molecule has 9 aromatic carbocycles. The fraction of sp³-hybridized carbons (Fsp3) is 0. The molecule has 2 heterocycles. The highest BCUT2D eigenvalue weighted by molar-refractivity contribution is 7.26. The minimum Gasteiger partial charge on any atom is -0.456 e. The van der Waals surface area contributed by atoms with E-state index in [9.17, 15) is 0 Å². The molecule has 0 radical (unpaired) electrons. The molecule has 11 aromatic rings. The minimum absolute atomic E-state index is 0.903. The number of rotatable bonds is 6. The standard InChI is InChI=1S/C52H33NOS/c1-2-13-40-35(11-1)12-9-17-41(40)36-25-30-39(31-26-36)53(38-28-23-34(24-29-38)37-27-32-44-43-15-4-7-21-49(43)54-50(44)33-37)48-20-6-3-14-42(48)46-18-10-19-47-45-16-5-8-22-51(45)55-52(46)47/h1-33H. The van der Waals surface area contributed by atoms with E-state index < -0.39 is 0 Å². The summed E-state index contributed by atoms with van der Waals surface area (Å²) < 4.78 is 8.86. The van der Waals surface area contributed by atoms with Crippen molar-refractivity contribution in [2.24, 2.45) is 0 Å². The van der Waals surface area contributed by atoms with Crippen molar-refractivity contribution in [1.29, 1.82) is 0 Å². The topological polar surface area (TPSA) is 16.4 Å². The third kappa shape index (κ3) is 5.32. The van der Waals surface area contributed by atoms with Gasteiger partial charge in [-0.3, -0.25) is 0 Å². The first-order valence-electron chi connectivity index (χ1n) is 18.7. The molecule has 0 saturated heterocycles. The molecule has 0 saturated carbocycles. The van der Waals surface area contributed by atoms with Gasteiger partial charge in [0.1, 0.15) is 11.2 Å². The van der Waals surface area contributed by atoms with Crippen molar-refractivity contribution in [1.82, 2.24) is 0 Å². The van der Waals surface area contributed by atoms with Crippen molar-refractivity contribution < 1.29 is 4.42 Å². The third-order valence-corrected chi connectivity index (χ3v) is 12.1. The Bertz CT molecular complexity index is 3200. The molecule has 0 N–H and O–H groups in total. The van der Waals surface area contributed by atoms with E-state index in [1.165, 1.54) is 53.2 Å². The van der Waals surface area contributed by atoms with Gasteiger partial charge in [-0.15, -0.1) is 11.3 Å². The normalized spacial score (nSPS) is 11.6. The quantitative estimate of drug-likeness (QED) is 0.170. The van der Waals surface area contributed by atoms with Crippen molar-refractivity contribution in [2.75, 3.05) is 4.90 Å². The number of thiophene rings is 1. The monoisotopic (exact) mass is 719 g/mol. The van der Waals surface area contributed by atoms with Gasteiger partial charge < -0.3 is 9.32 Å². The van der Waals surface area contributed by atoms with Crippen LogP contribution >= 0.6 is 11.3 Å². The molecule has 2 aromatic heterocycles. The van der Waals surface area contributed by atoms with Crippen LogP contribution in [0.3, 0.4) is 0 Å². The average molecular weight is 720 g/mol. The number of furan rings is 1. The van der Waals surface area contributed by atoms with E-state index in [2.05, 4.69) is 193 Å². The van der Waals surface area contributed by atoms with Crippen molar-refractivity contribution in [2.45, 2.75) is 0 Å². The molecule has 0 atom stereocenters. The highest BCUT2D eigenvalue weighted by Crippen LogP contribution is 2.46. The van der Waals surface area contributed by atoms with Crippen LogP contribution in [0.4, 0.5) is 17.1 Å². The molecule has 0 fully saturated rings. The first-order chi connectivity index (χ1) is 27.3. The lowest BCUT2D eigenvalue weighted by atomic mass is 9.97. The highest BCUT2D eigenvalue weighted by Gasteiger charge is 2.20. The van der Waals surface area contributed by atoms with E-state index in [1.54, 1.807) is 0 Å². The molecule has 0 bridgehead atoms. The van der Waals surface area contributed by atoms with Crippen LogP contribution in [0.5, 0.6) is 0 Å². The number of para-hydroxylation sites is 2. The molecular formula is C52H33NOS. The van der Waals surface area contributed by atoms with Crippen molar-refractivity contribution in [3.05, 3.63) is 200 Å². The summed E-state index contributed by atoms with van der Waals surface area (Å²) in [7, 11) is 0. The van der Waals surface area contributed by atoms with E-state index in [1.807, 2.05) is 23.5 Å². The zero-order valence-corrected chi connectivity index (χ0v) is 30.6. The fourth-order valence-corrected chi connectivity index (χ4v) is 9.49. The number of benzene rings is 9. The Labute approximate surface area is 322 Å². The number of hydrogen-bond donors (Lipinski definition) is 0. The molecule has 11 rings (SSSR count). The van der Waals surface area contributed by atoms with E-state index in [4.69, 9.17) is 4.42 Å². The Morgan fingerprint density at radius 1 is 0.364 bits per heavy atom. The summed E-state index contributed by atoms with van der Waals surface area (Å²) in [5, 5.41) is 7.39. The molecule has 0 aliphatic carbocycles. The zero-order valence-electron chi connectivity index (χ0n) is 29.8. The SMILES string of the molecule is c1ccc(N(c2ccc(-c3ccc4c(c3)oc3ccccc34)cc2)c2ccc(-c3cccc4ccccc34)cc2)c(-c2cccc3c2sc2ccccc23)c1. The number of hydrogen-bond acceptors (Lipinski definition) is 3. The van der Waals surface area contributed by atoms with Gasteiger partial charge in [0.05, 0.1) is 5.69 Å². The van der Waals surface area contributed by atoms with Gasteiger partial charge in [-0.2, -0.15) is 0 Å². The summed E-state index contributed by atoms with van der Waals surface area (Å²) in [6.45, 7) is 0. The predicted octanol–water partition coefficient (Wildman–Crippen LogP) is 15.6. The van der Waals surface area contributed by atoms with E-state index in [0.29, 0.717) is 0 Å². The van der Waals surface area contributed by atoms with Crippen molar-refractivity contribution in [3.63, 3.8) is 0 Å². The Hall–Kier alpha value is -6.94. The van der Waals surface area contributed by atoms with Gasteiger partial charge in [0.25, 0.3) is 0 Å². The van der Waals surface area contributed by atoms with Crippen LogP contribution in [0.1, 0.15) is 0 Å². The molecule has 0 aliphatic rings.